The average Bonchev–Trinajstić information content (AvgIpc) is 2.47. The van der Waals surface area contributed by atoms with Gasteiger partial charge in [0.25, 0.3) is 0 Å². The standard InChI is InChI=1S/C17H19NO3/c1-18(2)11-12-21-16-6-4-3-5-15(16)13-7-9-14(10-8-13)17(19)20/h3-10H,11-12H2,1-2H3,(H,19,20). The van der Waals surface area contributed by atoms with Crippen LogP contribution in [0.5, 0.6) is 5.75 Å². The monoisotopic (exact) mass is 285 g/mol. The zero-order valence-corrected chi connectivity index (χ0v) is 12.2. The minimum absolute atomic E-state index is 0.282. The molecule has 2 aromatic carbocycles. The Morgan fingerprint density at radius 2 is 1.76 bits per heavy atom. The van der Waals surface area contributed by atoms with E-state index in [1.165, 1.54) is 0 Å². The minimum Gasteiger partial charge on any atom is -0.492 e. The van der Waals surface area contributed by atoms with E-state index in [1.807, 2.05) is 38.4 Å². The zero-order chi connectivity index (χ0) is 15.2. The van der Waals surface area contributed by atoms with Gasteiger partial charge in [-0.3, -0.25) is 0 Å². The predicted molar refractivity (Wildman–Crippen MR) is 82.9 cm³/mol. The summed E-state index contributed by atoms with van der Waals surface area (Å²) < 4.78 is 5.82. The maximum Gasteiger partial charge on any atom is 0.335 e. The van der Waals surface area contributed by atoms with Gasteiger partial charge in [0.1, 0.15) is 12.4 Å². The number of rotatable bonds is 6. The number of carbonyl (C=O) groups is 1. The number of carboxylic acid groups (broad SMARTS) is 1. The summed E-state index contributed by atoms with van der Waals surface area (Å²) in [5.41, 5.74) is 2.19. The second kappa shape index (κ2) is 6.90. The molecule has 110 valence electrons. The summed E-state index contributed by atoms with van der Waals surface area (Å²) >= 11 is 0. The highest BCUT2D eigenvalue weighted by Gasteiger charge is 2.07. The molecule has 0 unspecified atom stereocenters. The van der Waals surface area contributed by atoms with Gasteiger partial charge in [-0.25, -0.2) is 4.79 Å². The van der Waals surface area contributed by atoms with E-state index in [0.29, 0.717) is 6.61 Å². The Labute approximate surface area is 124 Å². The number of hydrogen-bond donors (Lipinski definition) is 1. The maximum absolute atomic E-state index is 10.9. The SMILES string of the molecule is CN(C)CCOc1ccccc1-c1ccc(C(=O)O)cc1. The third-order valence-corrected chi connectivity index (χ3v) is 3.13. The van der Waals surface area contributed by atoms with Gasteiger partial charge >= 0.3 is 5.97 Å². The first-order valence-corrected chi connectivity index (χ1v) is 6.78. The zero-order valence-electron chi connectivity index (χ0n) is 12.2. The molecule has 0 aromatic heterocycles. The van der Waals surface area contributed by atoms with Crippen LogP contribution >= 0.6 is 0 Å². The number of likely N-dealkylation sites (N-methyl/N-ethyl adjacent to an activating group) is 1. The lowest BCUT2D eigenvalue weighted by atomic mass is 10.0. The molecule has 4 nitrogen and oxygen atoms in total. The van der Waals surface area contributed by atoms with Crippen LogP contribution in [-0.2, 0) is 0 Å². The van der Waals surface area contributed by atoms with Crippen LogP contribution in [0.3, 0.4) is 0 Å². The molecule has 0 atom stereocenters. The Kier molecular flexibility index (Phi) is 4.95. The van der Waals surface area contributed by atoms with E-state index in [9.17, 15) is 4.79 Å². The molecule has 0 saturated carbocycles. The van der Waals surface area contributed by atoms with Crippen molar-refractivity contribution in [2.75, 3.05) is 27.2 Å². The Bertz CT molecular complexity index is 606. The van der Waals surface area contributed by atoms with Crippen molar-refractivity contribution in [3.63, 3.8) is 0 Å². The van der Waals surface area contributed by atoms with Crippen molar-refractivity contribution in [3.8, 4) is 16.9 Å². The van der Waals surface area contributed by atoms with Crippen LogP contribution in [0.1, 0.15) is 10.4 Å². The summed E-state index contributed by atoms with van der Waals surface area (Å²) in [6.07, 6.45) is 0. The van der Waals surface area contributed by atoms with Crippen molar-refractivity contribution < 1.29 is 14.6 Å². The fourth-order valence-corrected chi connectivity index (χ4v) is 1.96. The van der Waals surface area contributed by atoms with Gasteiger partial charge in [0.15, 0.2) is 0 Å². The third kappa shape index (κ3) is 4.07. The molecule has 1 N–H and O–H groups in total. The summed E-state index contributed by atoms with van der Waals surface area (Å²) in [5, 5.41) is 8.94. The quantitative estimate of drug-likeness (QED) is 0.886. The van der Waals surface area contributed by atoms with Crippen LogP contribution in [0.25, 0.3) is 11.1 Å². The largest absolute Gasteiger partial charge is 0.492 e. The van der Waals surface area contributed by atoms with Crippen molar-refractivity contribution in [2.24, 2.45) is 0 Å². The van der Waals surface area contributed by atoms with Crippen LogP contribution in [0, 0.1) is 0 Å². The summed E-state index contributed by atoms with van der Waals surface area (Å²) in [6, 6.07) is 14.6. The lowest BCUT2D eigenvalue weighted by Gasteiger charge is -2.14. The highest BCUT2D eigenvalue weighted by Crippen LogP contribution is 2.29. The maximum atomic E-state index is 10.9. The smallest absolute Gasteiger partial charge is 0.335 e. The van der Waals surface area contributed by atoms with E-state index in [-0.39, 0.29) is 5.56 Å². The molecule has 0 amide bonds. The fourth-order valence-electron chi connectivity index (χ4n) is 1.96. The van der Waals surface area contributed by atoms with E-state index in [4.69, 9.17) is 9.84 Å². The van der Waals surface area contributed by atoms with E-state index < -0.39 is 5.97 Å². The lowest BCUT2D eigenvalue weighted by Crippen LogP contribution is -2.19. The molecule has 2 aromatic rings. The van der Waals surface area contributed by atoms with Gasteiger partial charge in [0.2, 0.25) is 0 Å². The van der Waals surface area contributed by atoms with Gasteiger partial charge in [0, 0.05) is 12.1 Å². The minimum atomic E-state index is -0.919. The molecule has 0 spiro atoms. The van der Waals surface area contributed by atoms with Crippen LogP contribution in [0.4, 0.5) is 0 Å². The highest BCUT2D eigenvalue weighted by atomic mass is 16.5. The molecule has 0 bridgehead atoms. The Hall–Kier alpha value is -2.33. The second-order valence-electron chi connectivity index (χ2n) is 5.03. The second-order valence-corrected chi connectivity index (χ2v) is 5.03. The molecule has 0 saturated heterocycles. The van der Waals surface area contributed by atoms with Gasteiger partial charge in [-0.15, -0.1) is 0 Å². The molecule has 0 fully saturated rings. The molecule has 0 aliphatic carbocycles. The number of aromatic carboxylic acids is 1. The van der Waals surface area contributed by atoms with Crippen molar-refractivity contribution in [3.05, 3.63) is 54.1 Å². The van der Waals surface area contributed by atoms with Gasteiger partial charge in [-0.05, 0) is 37.9 Å². The van der Waals surface area contributed by atoms with E-state index >= 15 is 0 Å². The van der Waals surface area contributed by atoms with Crippen LogP contribution in [0.15, 0.2) is 48.5 Å². The summed E-state index contributed by atoms with van der Waals surface area (Å²) in [4.78, 5) is 13.0. The Morgan fingerprint density at radius 1 is 1.10 bits per heavy atom. The number of hydrogen-bond acceptors (Lipinski definition) is 3. The summed E-state index contributed by atoms with van der Waals surface area (Å²) in [5.74, 6) is -0.112. The molecule has 0 aliphatic heterocycles. The van der Waals surface area contributed by atoms with E-state index in [1.54, 1.807) is 24.3 Å². The van der Waals surface area contributed by atoms with Crippen molar-refractivity contribution in [1.29, 1.82) is 0 Å². The van der Waals surface area contributed by atoms with Gasteiger partial charge in [-0.1, -0.05) is 30.3 Å². The van der Waals surface area contributed by atoms with Gasteiger partial charge in [-0.2, -0.15) is 0 Å². The number of ether oxygens (including phenoxy) is 1. The highest BCUT2D eigenvalue weighted by molar-refractivity contribution is 5.88. The number of para-hydroxylation sites is 1. The molecular weight excluding hydrogens is 266 g/mol. The number of nitrogens with zero attached hydrogens (tertiary/aromatic N) is 1. The Morgan fingerprint density at radius 3 is 2.38 bits per heavy atom. The van der Waals surface area contributed by atoms with E-state index in [0.717, 1.165) is 23.4 Å². The van der Waals surface area contributed by atoms with Crippen molar-refractivity contribution in [2.45, 2.75) is 0 Å². The fraction of sp³-hybridized carbons (Fsp3) is 0.235. The molecule has 0 heterocycles. The normalized spacial score (nSPS) is 10.6. The van der Waals surface area contributed by atoms with Crippen LogP contribution in [-0.4, -0.2) is 43.2 Å². The summed E-state index contributed by atoms with van der Waals surface area (Å²) in [7, 11) is 4.00. The number of carboxylic acids is 1. The lowest BCUT2D eigenvalue weighted by molar-refractivity contribution is 0.0697. The first kappa shape index (κ1) is 15.1. The molecule has 0 aliphatic rings. The first-order valence-electron chi connectivity index (χ1n) is 6.78. The van der Waals surface area contributed by atoms with Crippen LogP contribution in [0.2, 0.25) is 0 Å². The molecule has 2 rings (SSSR count). The predicted octanol–water partition coefficient (Wildman–Crippen LogP) is 2.99. The first-order chi connectivity index (χ1) is 10.1. The number of benzene rings is 2. The van der Waals surface area contributed by atoms with Crippen molar-refractivity contribution in [1.82, 2.24) is 4.90 Å². The average molecular weight is 285 g/mol. The van der Waals surface area contributed by atoms with Gasteiger partial charge in [0.05, 0.1) is 5.56 Å². The summed E-state index contributed by atoms with van der Waals surface area (Å²) in [6.45, 7) is 1.45. The van der Waals surface area contributed by atoms with E-state index in [2.05, 4.69) is 4.90 Å². The third-order valence-electron chi connectivity index (χ3n) is 3.13. The molecule has 21 heavy (non-hydrogen) atoms. The van der Waals surface area contributed by atoms with Gasteiger partial charge < -0.3 is 14.7 Å². The molecule has 0 radical (unpaired) electrons. The Balaban J connectivity index is 2.20. The topological polar surface area (TPSA) is 49.8 Å². The van der Waals surface area contributed by atoms with Crippen molar-refractivity contribution >= 4 is 5.97 Å². The van der Waals surface area contributed by atoms with Crippen LogP contribution < -0.4 is 4.74 Å². The molecular formula is C17H19NO3. The molecule has 4 heteroatoms.